The summed E-state index contributed by atoms with van der Waals surface area (Å²) in [6, 6.07) is 9.45. The van der Waals surface area contributed by atoms with Crippen LogP contribution in [0.25, 0.3) is 0 Å². The Morgan fingerprint density at radius 1 is 0.781 bits per heavy atom. The van der Waals surface area contributed by atoms with E-state index < -0.39 is 0 Å². The molecule has 3 nitrogen and oxygen atoms in total. The zero-order valence-electron chi connectivity index (χ0n) is 20.4. The molecule has 2 atom stereocenters. The second-order valence-electron chi connectivity index (χ2n) is 11.2. The number of rotatable bonds is 4. The summed E-state index contributed by atoms with van der Waals surface area (Å²) in [5.41, 5.74) is 8.15. The minimum atomic E-state index is -0.247. The van der Waals surface area contributed by atoms with Crippen molar-refractivity contribution in [2.45, 2.75) is 84.0 Å². The summed E-state index contributed by atoms with van der Waals surface area (Å²) in [4.78, 5) is 11.6. The highest BCUT2D eigenvalue weighted by molar-refractivity contribution is 5.70. The molecule has 4 aliphatic rings. The fourth-order valence-electron chi connectivity index (χ4n) is 8.08. The molecule has 170 valence electrons. The summed E-state index contributed by atoms with van der Waals surface area (Å²) in [6.07, 6.45) is 7.85. The lowest BCUT2D eigenvalue weighted by atomic mass is 9.41. The summed E-state index contributed by atoms with van der Waals surface area (Å²) in [5, 5.41) is 0. The van der Waals surface area contributed by atoms with Gasteiger partial charge in [-0.05, 0) is 122 Å². The largest absolute Gasteiger partial charge is 0.496 e. The number of carbonyl (C=O) groups excluding carboxylic acids is 1. The van der Waals surface area contributed by atoms with E-state index >= 15 is 0 Å². The fraction of sp³-hybridized carbons (Fsp3) is 0.552. The highest BCUT2D eigenvalue weighted by Gasteiger charge is 2.58. The van der Waals surface area contributed by atoms with Crippen molar-refractivity contribution < 1.29 is 14.3 Å². The number of hydrogen-bond donors (Lipinski definition) is 0. The smallest absolute Gasteiger partial charge is 0.308 e. The van der Waals surface area contributed by atoms with Crippen LogP contribution in [0.4, 0.5) is 0 Å². The maximum Gasteiger partial charge on any atom is 0.308 e. The van der Waals surface area contributed by atoms with Crippen LogP contribution in [0.3, 0.4) is 0 Å². The Bertz CT molecular complexity index is 1040. The zero-order chi connectivity index (χ0) is 22.8. The van der Waals surface area contributed by atoms with E-state index in [1.54, 1.807) is 7.11 Å². The molecule has 0 aromatic heterocycles. The minimum absolute atomic E-state index is 0.232. The number of methoxy groups -OCH3 is 1. The maximum atomic E-state index is 11.6. The first-order valence-corrected chi connectivity index (χ1v) is 12.1. The molecule has 4 bridgehead atoms. The molecule has 0 amide bonds. The van der Waals surface area contributed by atoms with E-state index in [0.29, 0.717) is 0 Å². The van der Waals surface area contributed by atoms with Crippen LogP contribution in [-0.4, -0.2) is 13.1 Å². The first-order valence-electron chi connectivity index (χ1n) is 12.1. The number of aryl methyl sites for hydroxylation is 4. The van der Waals surface area contributed by atoms with Crippen LogP contribution < -0.4 is 9.47 Å². The molecule has 6 rings (SSSR count). The monoisotopic (exact) mass is 432 g/mol. The average Bonchev–Trinajstić information content (AvgIpc) is 2.69. The fourth-order valence-corrected chi connectivity index (χ4v) is 8.08. The van der Waals surface area contributed by atoms with Crippen molar-refractivity contribution >= 4 is 5.97 Å². The quantitative estimate of drug-likeness (QED) is 0.401. The molecule has 32 heavy (non-hydrogen) atoms. The Balaban J connectivity index is 1.58. The minimum Gasteiger partial charge on any atom is -0.496 e. The lowest BCUT2D eigenvalue weighted by Crippen LogP contribution is -2.56. The van der Waals surface area contributed by atoms with Crippen molar-refractivity contribution in [1.29, 1.82) is 0 Å². The number of carbonyl (C=O) groups is 1. The number of esters is 1. The zero-order valence-corrected chi connectivity index (χ0v) is 20.4. The van der Waals surface area contributed by atoms with Crippen molar-refractivity contribution in [3.05, 3.63) is 57.6 Å². The molecule has 0 heterocycles. The molecule has 0 N–H and O–H groups in total. The van der Waals surface area contributed by atoms with E-state index in [-0.39, 0.29) is 16.8 Å². The van der Waals surface area contributed by atoms with Crippen molar-refractivity contribution in [2.75, 3.05) is 7.11 Å². The molecule has 4 fully saturated rings. The van der Waals surface area contributed by atoms with Gasteiger partial charge in [0.15, 0.2) is 0 Å². The molecule has 0 spiro atoms. The van der Waals surface area contributed by atoms with E-state index in [1.165, 1.54) is 67.7 Å². The molecule has 0 radical (unpaired) electrons. The maximum absolute atomic E-state index is 11.6. The topological polar surface area (TPSA) is 35.5 Å². The van der Waals surface area contributed by atoms with Crippen molar-refractivity contribution in [3.8, 4) is 11.5 Å². The lowest BCUT2D eigenvalue weighted by molar-refractivity contribution is -0.131. The molecular formula is C29H36O3. The van der Waals surface area contributed by atoms with Crippen molar-refractivity contribution in [1.82, 2.24) is 0 Å². The molecule has 4 saturated carbocycles. The van der Waals surface area contributed by atoms with Gasteiger partial charge in [0.1, 0.15) is 11.5 Å². The van der Waals surface area contributed by atoms with Gasteiger partial charge in [0, 0.05) is 6.92 Å². The first kappa shape index (κ1) is 21.6. The van der Waals surface area contributed by atoms with Crippen LogP contribution in [-0.2, 0) is 15.6 Å². The molecule has 0 saturated heterocycles. The highest BCUT2D eigenvalue weighted by Crippen LogP contribution is 2.66. The Hall–Kier alpha value is -2.29. The predicted molar refractivity (Wildman–Crippen MR) is 128 cm³/mol. The molecule has 3 heteroatoms. The van der Waals surface area contributed by atoms with Gasteiger partial charge in [0.2, 0.25) is 0 Å². The molecule has 0 aliphatic heterocycles. The van der Waals surface area contributed by atoms with Crippen LogP contribution in [0.2, 0.25) is 0 Å². The van der Waals surface area contributed by atoms with Gasteiger partial charge in [0.05, 0.1) is 7.11 Å². The average molecular weight is 433 g/mol. The molecule has 2 aromatic rings. The van der Waals surface area contributed by atoms with Crippen LogP contribution in [0.15, 0.2) is 24.3 Å². The Kier molecular flexibility index (Phi) is 4.96. The third-order valence-corrected chi connectivity index (χ3v) is 8.66. The van der Waals surface area contributed by atoms with Crippen molar-refractivity contribution in [2.24, 2.45) is 11.8 Å². The van der Waals surface area contributed by atoms with Gasteiger partial charge in [-0.2, -0.15) is 0 Å². The lowest BCUT2D eigenvalue weighted by Gasteiger charge is -2.63. The van der Waals surface area contributed by atoms with Gasteiger partial charge in [-0.3, -0.25) is 4.79 Å². The number of hydrogen-bond acceptors (Lipinski definition) is 3. The van der Waals surface area contributed by atoms with Crippen LogP contribution in [0.1, 0.15) is 78.8 Å². The number of ether oxygens (including phenoxy) is 2. The summed E-state index contributed by atoms with van der Waals surface area (Å²) in [6.45, 7) is 10.0. The van der Waals surface area contributed by atoms with E-state index in [1.807, 2.05) is 0 Å². The third-order valence-electron chi connectivity index (χ3n) is 8.66. The Labute approximate surface area is 192 Å². The molecule has 2 unspecified atom stereocenters. The standard InChI is InChI=1S/C29H36O3/c1-17-7-24(8-18(2)26(17)31-6)28-12-22-11-23(13-28)15-29(14-22,16-28)25-9-19(3)27(20(4)10-25)32-21(5)30/h7-10,22-23H,11-16H2,1-6H3. The SMILES string of the molecule is COc1c(C)cc(C23CC4CC(C2)CC(c2cc(C)c(OC(C)=O)c(C)c2)(C4)C3)cc1C. The van der Waals surface area contributed by atoms with E-state index in [0.717, 1.165) is 34.5 Å². The predicted octanol–water partition coefficient (Wildman–Crippen LogP) is 6.64. The number of benzene rings is 2. The van der Waals surface area contributed by atoms with Gasteiger partial charge in [0.25, 0.3) is 0 Å². The van der Waals surface area contributed by atoms with Crippen LogP contribution in [0, 0.1) is 39.5 Å². The molecule has 4 aliphatic carbocycles. The second kappa shape index (κ2) is 7.37. The van der Waals surface area contributed by atoms with Gasteiger partial charge in [-0.25, -0.2) is 0 Å². The summed E-state index contributed by atoms with van der Waals surface area (Å²) < 4.78 is 11.2. The summed E-state index contributed by atoms with van der Waals surface area (Å²) in [7, 11) is 1.78. The van der Waals surface area contributed by atoms with Gasteiger partial charge < -0.3 is 9.47 Å². The van der Waals surface area contributed by atoms with E-state index in [9.17, 15) is 4.79 Å². The highest BCUT2D eigenvalue weighted by atomic mass is 16.5. The molecular weight excluding hydrogens is 396 g/mol. The molecule has 2 aromatic carbocycles. The summed E-state index contributed by atoms with van der Waals surface area (Å²) >= 11 is 0. The summed E-state index contributed by atoms with van der Waals surface area (Å²) in [5.74, 6) is 3.12. The first-order chi connectivity index (χ1) is 15.1. The van der Waals surface area contributed by atoms with Gasteiger partial charge in [-0.15, -0.1) is 0 Å². The third kappa shape index (κ3) is 3.27. The van der Waals surface area contributed by atoms with E-state index in [4.69, 9.17) is 9.47 Å². The Morgan fingerprint density at radius 2 is 1.19 bits per heavy atom. The van der Waals surface area contributed by atoms with E-state index in [2.05, 4.69) is 52.0 Å². The van der Waals surface area contributed by atoms with Gasteiger partial charge in [-0.1, -0.05) is 24.3 Å². The second-order valence-corrected chi connectivity index (χ2v) is 11.2. The van der Waals surface area contributed by atoms with Crippen LogP contribution >= 0.6 is 0 Å². The van der Waals surface area contributed by atoms with Crippen LogP contribution in [0.5, 0.6) is 11.5 Å². The Morgan fingerprint density at radius 3 is 1.56 bits per heavy atom. The van der Waals surface area contributed by atoms with Gasteiger partial charge >= 0.3 is 5.97 Å². The van der Waals surface area contributed by atoms with Crippen molar-refractivity contribution in [3.63, 3.8) is 0 Å². The normalized spacial score (nSPS) is 30.4.